The van der Waals surface area contributed by atoms with Gasteiger partial charge in [0.05, 0.1) is 6.20 Å². The minimum atomic E-state index is -4.54. The van der Waals surface area contributed by atoms with Crippen LogP contribution in [0.15, 0.2) is 30.6 Å². The highest BCUT2D eigenvalue weighted by Gasteiger charge is 2.36. The molecule has 0 aliphatic carbocycles. The first-order valence-electron chi connectivity index (χ1n) is 9.99. The van der Waals surface area contributed by atoms with Crippen molar-refractivity contribution in [3.63, 3.8) is 0 Å². The predicted molar refractivity (Wildman–Crippen MR) is 106 cm³/mol. The van der Waals surface area contributed by atoms with Crippen LogP contribution >= 0.6 is 0 Å². The van der Waals surface area contributed by atoms with Crippen LogP contribution in [-0.2, 0) is 4.79 Å². The lowest BCUT2D eigenvalue weighted by Gasteiger charge is -2.25. The average molecular weight is 452 g/mol. The molecule has 2 N–H and O–H groups in total. The largest absolute Gasteiger partial charge is 0.405 e. The molecular weight excluding hydrogens is 432 g/mol. The van der Waals surface area contributed by atoms with Crippen LogP contribution in [0.1, 0.15) is 23.3 Å². The van der Waals surface area contributed by atoms with E-state index in [1.165, 1.54) is 11.1 Å². The minimum Gasteiger partial charge on any atom is -0.356 e. The third-order valence-electron chi connectivity index (χ3n) is 5.29. The van der Waals surface area contributed by atoms with Gasteiger partial charge in [-0.25, -0.2) is 14.4 Å². The van der Waals surface area contributed by atoms with Gasteiger partial charge in [-0.3, -0.25) is 9.59 Å². The number of nitrogens with one attached hydrogen (secondary N) is 2. The van der Waals surface area contributed by atoms with E-state index >= 15 is 0 Å². The van der Waals surface area contributed by atoms with Crippen LogP contribution in [0, 0.1) is 5.82 Å². The summed E-state index contributed by atoms with van der Waals surface area (Å²) in [5.74, 6) is -1.88. The number of alkyl halides is 3. The van der Waals surface area contributed by atoms with Gasteiger partial charge in [0.2, 0.25) is 5.91 Å². The number of H-pyrrole nitrogens is 1. The second-order valence-electron chi connectivity index (χ2n) is 7.53. The van der Waals surface area contributed by atoms with Crippen LogP contribution in [0.5, 0.6) is 0 Å². The zero-order chi connectivity index (χ0) is 22.9. The number of hydrogen-bond acceptors (Lipinski definition) is 5. The fourth-order valence-corrected chi connectivity index (χ4v) is 3.76. The first-order valence-corrected chi connectivity index (χ1v) is 9.99. The third-order valence-corrected chi connectivity index (χ3v) is 5.29. The van der Waals surface area contributed by atoms with E-state index in [-0.39, 0.29) is 30.5 Å². The highest BCUT2D eigenvalue weighted by Crippen LogP contribution is 2.29. The van der Waals surface area contributed by atoms with Crippen LogP contribution in [0.25, 0.3) is 11.4 Å². The first-order chi connectivity index (χ1) is 15.2. The molecule has 0 spiro atoms. The summed E-state index contributed by atoms with van der Waals surface area (Å²) in [4.78, 5) is 38.8. The molecule has 1 fully saturated rings. The summed E-state index contributed by atoms with van der Waals surface area (Å²) < 4.78 is 51.9. The molecule has 32 heavy (non-hydrogen) atoms. The quantitative estimate of drug-likeness (QED) is 0.536. The van der Waals surface area contributed by atoms with E-state index in [2.05, 4.69) is 15.0 Å². The molecule has 2 amide bonds. The number of amides is 2. The number of rotatable bonds is 5. The molecule has 4 rings (SSSR count). The fraction of sp³-hybridized carbons (Fsp3) is 0.400. The van der Waals surface area contributed by atoms with E-state index in [9.17, 15) is 27.2 Å². The van der Waals surface area contributed by atoms with Crippen molar-refractivity contribution in [2.45, 2.75) is 25.1 Å². The van der Waals surface area contributed by atoms with Crippen molar-refractivity contribution in [2.24, 2.45) is 0 Å². The molecule has 1 saturated heterocycles. The van der Waals surface area contributed by atoms with Crippen molar-refractivity contribution >= 4 is 17.6 Å². The Hall–Kier alpha value is -3.44. The Bertz CT molecular complexity index is 1040. The summed E-state index contributed by atoms with van der Waals surface area (Å²) in [6.07, 6.45) is 2.46. The maximum absolute atomic E-state index is 14.5. The van der Waals surface area contributed by atoms with Crippen LogP contribution in [-0.4, -0.2) is 70.1 Å². The highest BCUT2D eigenvalue weighted by molar-refractivity contribution is 5.94. The van der Waals surface area contributed by atoms with Gasteiger partial charge < -0.3 is 20.1 Å². The molecule has 0 unspecified atom stereocenters. The van der Waals surface area contributed by atoms with E-state index in [1.54, 1.807) is 11.0 Å². The van der Waals surface area contributed by atoms with Gasteiger partial charge in [0.15, 0.2) is 17.5 Å². The lowest BCUT2D eigenvalue weighted by atomic mass is 10.2. The lowest BCUT2D eigenvalue weighted by Crippen LogP contribution is -2.46. The summed E-state index contributed by atoms with van der Waals surface area (Å²) in [6.45, 7) is -0.176. The van der Waals surface area contributed by atoms with E-state index in [1.807, 2.05) is 17.5 Å². The maximum atomic E-state index is 14.5. The number of aromatic nitrogens is 3. The number of halogens is 4. The smallest absolute Gasteiger partial charge is 0.356 e. The normalized spacial score (nSPS) is 18.4. The molecule has 2 aliphatic rings. The summed E-state index contributed by atoms with van der Waals surface area (Å²) in [5.41, 5.74) is 0.766. The maximum Gasteiger partial charge on any atom is 0.405 e. The molecule has 12 heteroatoms. The summed E-state index contributed by atoms with van der Waals surface area (Å²) in [6, 6.07) is 0.579. The average Bonchev–Trinajstić information content (AvgIpc) is 3.52. The van der Waals surface area contributed by atoms with Crippen LogP contribution < -0.4 is 10.2 Å². The second kappa shape index (κ2) is 8.60. The summed E-state index contributed by atoms with van der Waals surface area (Å²) in [5, 5.41) is 1.85. The van der Waals surface area contributed by atoms with Crippen LogP contribution in [0.2, 0.25) is 0 Å². The van der Waals surface area contributed by atoms with Crippen molar-refractivity contribution in [1.82, 2.24) is 25.2 Å². The molecule has 0 radical (unpaired) electrons. The van der Waals surface area contributed by atoms with E-state index < -0.39 is 30.5 Å². The van der Waals surface area contributed by atoms with Crippen molar-refractivity contribution in [3.05, 3.63) is 42.1 Å². The van der Waals surface area contributed by atoms with Gasteiger partial charge in [0.1, 0.15) is 18.3 Å². The Labute approximate surface area is 180 Å². The number of aromatic amines is 1. The Morgan fingerprint density at radius 2 is 2.00 bits per heavy atom. The molecular formula is C20H20F4N6O2. The molecule has 2 aromatic heterocycles. The standard InChI is InChI=1S/C20H20F4N6O2/c21-13-10-26-16(12-8-14(25-9-12)19(32)29-5-1-2-6-29)28-17(13)30-7-3-4-15(30)18(31)27-11-20(22,23)24/h1-2,8-10,15,25H,3-7,11H2,(H,27,31)/t15-/m1/s1. The first kappa shape index (κ1) is 21.8. The molecule has 1 atom stereocenters. The van der Waals surface area contributed by atoms with Gasteiger partial charge >= 0.3 is 6.18 Å². The molecule has 0 aromatic carbocycles. The van der Waals surface area contributed by atoms with E-state index in [4.69, 9.17) is 0 Å². The van der Waals surface area contributed by atoms with Crippen molar-refractivity contribution < 1.29 is 27.2 Å². The minimum absolute atomic E-state index is 0.123. The SMILES string of the molecule is O=C(NCC(F)(F)F)[C@H]1CCCN1c1nc(-c2c[nH]c(C(=O)N3CC=CC3)c2)ncc1F. The second-order valence-corrected chi connectivity index (χ2v) is 7.53. The highest BCUT2D eigenvalue weighted by atomic mass is 19.4. The summed E-state index contributed by atoms with van der Waals surface area (Å²) >= 11 is 0. The Morgan fingerprint density at radius 3 is 2.72 bits per heavy atom. The van der Waals surface area contributed by atoms with Gasteiger partial charge in [-0.05, 0) is 18.9 Å². The van der Waals surface area contributed by atoms with Gasteiger partial charge in [-0.15, -0.1) is 0 Å². The van der Waals surface area contributed by atoms with Crippen LogP contribution in [0.4, 0.5) is 23.4 Å². The fourth-order valence-electron chi connectivity index (χ4n) is 3.76. The molecule has 2 aromatic rings. The molecule has 8 nitrogen and oxygen atoms in total. The Balaban J connectivity index is 1.54. The summed E-state index contributed by atoms with van der Waals surface area (Å²) in [7, 11) is 0. The van der Waals surface area contributed by atoms with Crippen LogP contribution in [0.3, 0.4) is 0 Å². The van der Waals surface area contributed by atoms with E-state index in [0.29, 0.717) is 30.8 Å². The van der Waals surface area contributed by atoms with Gasteiger partial charge in [0.25, 0.3) is 5.91 Å². The topological polar surface area (TPSA) is 94.2 Å². The van der Waals surface area contributed by atoms with Crippen molar-refractivity contribution in [2.75, 3.05) is 31.1 Å². The van der Waals surface area contributed by atoms with Crippen molar-refractivity contribution in [3.8, 4) is 11.4 Å². The van der Waals surface area contributed by atoms with Crippen molar-refractivity contribution in [1.29, 1.82) is 0 Å². The predicted octanol–water partition coefficient (Wildman–Crippen LogP) is 2.27. The van der Waals surface area contributed by atoms with E-state index in [0.717, 1.165) is 6.20 Å². The molecule has 170 valence electrons. The number of carbonyl (C=O) groups is 2. The molecule has 2 aliphatic heterocycles. The van der Waals surface area contributed by atoms with Gasteiger partial charge in [0, 0.05) is 31.4 Å². The number of carbonyl (C=O) groups excluding carboxylic acids is 2. The molecule has 0 bridgehead atoms. The monoisotopic (exact) mass is 452 g/mol. The molecule has 4 heterocycles. The third kappa shape index (κ3) is 4.58. The lowest BCUT2D eigenvalue weighted by molar-refractivity contribution is -0.139. The zero-order valence-electron chi connectivity index (χ0n) is 16.8. The van der Waals surface area contributed by atoms with Gasteiger partial charge in [-0.1, -0.05) is 12.2 Å². The van der Waals surface area contributed by atoms with Gasteiger partial charge in [-0.2, -0.15) is 13.2 Å². The Morgan fingerprint density at radius 1 is 1.25 bits per heavy atom. The molecule has 0 saturated carbocycles. The zero-order valence-corrected chi connectivity index (χ0v) is 16.8. The number of anilines is 1. The number of hydrogen-bond donors (Lipinski definition) is 2. The number of nitrogens with zero attached hydrogens (tertiary/aromatic N) is 4. The Kier molecular flexibility index (Phi) is 5.85.